The molecular formula is C10H20N2O5. The van der Waals surface area contributed by atoms with Gasteiger partial charge in [0, 0.05) is 13.7 Å². The maximum atomic E-state index is 11.3. The second-order valence-corrected chi connectivity index (χ2v) is 4.20. The zero-order valence-electron chi connectivity index (χ0n) is 10.3. The van der Waals surface area contributed by atoms with Crippen molar-refractivity contribution in [3.8, 4) is 0 Å². The standard InChI is InChI=1S/C10H20N2O5/c1-7(5-17-3)4-11-9(15)12-6-10(2,16)8(13)14/h7,16H,4-6H2,1-3H3,(H,13,14)(H2,11,12,15). The van der Waals surface area contributed by atoms with E-state index >= 15 is 0 Å². The highest BCUT2D eigenvalue weighted by Gasteiger charge is 2.30. The van der Waals surface area contributed by atoms with E-state index in [1.165, 1.54) is 0 Å². The molecule has 0 heterocycles. The first-order valence-electron chi connectivity index (χ1n) is 5.26. The van der Waals surface area contributed by atoms with Gasteiger partial charge in [0.25, 0.3) is 0 Å². The Bertz CT molecular complexity index is 267. The number of rotatable bonds is 7. The highest BCUT2D eigenvalue weighted by Crippen LogP contribution is 2.00. The Hall–Kier alpha value is -1.34. The van der Waals surface area contributed by atoms with Crippen LogP contribution in [0.25, 0.3) is 0 Å². The molecule has 100 valence electrons. The first-order chi connectivity index (χ1) is 7.79. The predicted octanol–water partition coefficient (Wildman–Crippen LogP) is -0.596. The fourth-order valence-electron chi connectivity index (χ4n) is 1.00. The number of ether oxygens (including phenoxy) is 1. The maximum Gasteiger partial charge on any atom is 0.337 e. The SMILES string of the molecule is COCC(C)CNC(=O)NCC(C)(O)C(=O)O. The van der Waals surface area contributed by atoms with Crippen LogP contribution in [-0.4, -0.2) is 54.6 Å². The van der Waals surface area contributed by atoms with Crippen molar-refractivity contribution in [1.82, 2.24) is 10.6 Å². The topological polar surface area (TPSA) is 108 Å². The molecule has 0 aliphatic carbocycles. The molecule has 2 amide bonds. The van der Waals surface area contributed by atoms with Crippen molar-refractivity contribution in [3.63, 3.8) is 0 Å². The Morgan fingerprint density at radius 2 is 2.00 bits per heavy atom. The highest BCUT2D eigenvalue weighted by molar-refractivity contribution is 5.79. The molecule has 0 aliphatic rings. The van der Waals surface area contributed by atoms with Gasteiger partial charge in [-0.15, -0.1) is 0 Å². The van der Waals surface area contributed by atoms with Crippen LogP contribution in [-0.2, 0) is 9.53 Å². The van der Waals surface area contributed by atoms with Gasteiger partial charge in [-0.1, -0.05) is 6.92 Å². The van der Waals surface area contributed by atoms with Crippen LogP contribution in [0.2, 0.25) is 0 Å². The van der Waals surface area contributed by atoms with E-state index in [-0.39, 0.29) is 12.5 Å². The first-order valence-corrected chi connectivity index (χ1v) is 5.26. The monoisotopic (exact) mass is 248 g/mol. The predicted molar refractivity (Wildman–Crippen MR) is 60.7 cm³/mol. The molecule has 0 aromatic rings. The number of carbonyl (C=O) groups excluding carboxylic acids is 1. The quantitative estimate of drug-likeness (QED) is 0.481. The maximum absolute atomic E-state index is 11.3. The van der Waals surface area contributed by atoms with E-state index in [0.717, 1.165) is 6.92 Å². The fraction of sp³-hybridized carbons (Fsp3) is 0.800. The molecule has 0 aromatic carbocycles. The molecule has 4 N–H and O–H groups in total. The number of aliphatic hydroxyl groups is 1. The Kier molecular flexibility index (Phi) is 6.52. The number of urea groups is 1. The number of hydrogen-bond acceptors (Lipinski definition) is 4. The molecule has 0 radical (unpaired) electrons. The van der Waals surface area contributed by atoms with E-state index in [0.29, 0.717) is 13.2 Å². The van der Waals surface area contributed by atoms with Crippen LogP contribution in [0.1, 0.15) is 13.8 Å². The van der Waals surface area contributed by atoms with Gasteiger partial charge in [0.05, 0.1) is 13.2 Å². The molecule has 7 heteroatoms. The van der Waals surface area contributed by atoms with Gasteiger partial charge in [-0.05, 0) is 12.8 Å². The lowest BCUT2D eigenvalue weighted by Gasteiger charge is -2.19. The number of aliphatic carboxylic acids is 1. The van der Waals surface area contributed by atoms with Gasteiger partial charge in [0.1, 0.15) is 0 Å². The largest absolute Gasteiger partial charge is 0.479 e. The van der Waals surface area contributed by atoms with Gasteiger partial charge in [0.15, 0.2) is 5.60 Å². The summed E-state index contributed by atoms with van der Waals surface area (Å²) >= 11 is 0. The second-order valence-electron chi connectivity index (χ2n) is 4.20. The van der Waals surface area contributed by atoms with Gasteiger partial charge < -0.3 is 25.6 Å². The number of carboxylic acid groups (broad SMARTS) is 1. The molecule has 7 nitrogen and oxygen atoms in total. The average Bonchev–Trinajstić information content (AvgIpc) is 2.24. The average molecular weight is 248 g/mol. The van der Waals surface area contributed by atoms with Gasteiger partial charge in [-0.25, -0.2) is 9.59 Å². The van der Waals surface area contributed by atoms with Crippen molar-refractivity contribution in [2.75, 3.05) is 26.8 Å². The highest BCUT2D eigenvalue weighted by atomic mass is 16.5. The molecule has 0 aliphatic heterocycles. The third kappa shape index (κ3) is 6.75. The molecule has 2 atom stereocenters. The van der Waals surface area contributed by atoms with Crippen LogP contribution in [0, 0.1) is 5.92 Å². The second kappa shape index (κ2) is 7.08. The Morgan fingerprint density at radius 3 is 2.47 bits per heavy atom. The minimum Gasteiger partial charge on any atom is -0.479 e. The van der Waals surface area contributed by atoms with Crippen molar-refractivity contribution in [3.05, 3.63) is 0 Å². The third-order valence-electron chi connectivity index (χ3n) is 2.12. The van der Waals surface area contributed by atoms with Crippen molar-refractivity contribution in [2.24, 2.45) is 5.92 Å². The molecule has 0 spiro atoms. The van der Waals surface area contributed by atoms with Crippen LogP contribution in [0.15, 0.2) is 0 Å². The molecule has 17 heavy (non-hydrogen) atoms. The number of methoxy groups -OCH3 is 1. The number of hydrogen-bond donors (Lipinski definition) is 4. The van der Waals surface area contributed by atoms with Crippen molar-refractivity contribution < 1.29 is 24.5 Å². The smallest absolute Gasteiger partial charge is 0.337 e. The van der Waals surface area contributed by atoms with Crippen LogP contribution >= 0.6 is 0 Å². The molecule has 0 rings (SSSR count). The lowest BCUT2D eigenvalue weighted by molar-refractivity contribution is -0.155. The Balaban J connectivity index is 3.84. The molecule has 0 aromatic heterocycles. The van der Waals surface area contributed by atoms with Gasteiger partial charge in [-0.3, -0.25) is 0 Å². The summed E-state index contributed by atoms with van der Waals surface area (Å²) in [6.07, 6.45) is 0. The van der Waals surface area contributed by atoms with E-state index < -0.39 is 17.6 Å². The van der Waals surface area contributed by atoms with E-state index in [1.807, 2.05) is 6.92 Å². The summed E-state index contributed by atoms with van der Waals surface area (Å²) in [5.74, 6) is -1.23. The molecule has 2 unspecified atom stereocenters. The molecule has 0 fully saturated rings. The van der Waals surface area contributed by atoms with E-state index in [4.69, 9.17) is 9.84 Å². The molecule has 0 saturated heterocycles. The zero-order valence-corrected chi connectivity index (χ0v) is 10.3. The first kappa shape index (κ1) is 15.7. The van der Waals surface area contributed by atoms with Crippen LogP contribution in [0.5, 0.6) is 0 Å². The zero-order chi connectivity index (χ0) is 13.5. The summed E-state index contributed by atoms with van der Waals surface area (Å²) in [5.41, 5.74) is -1.96. The minimum absolute atomic E-state index is 0.158. The lowest BCUT2D eigenvalue weighted by Crippen LogP contribution is -2.49. The van der Waals surface area contributed by atoms with Crippen LogP contribution < -0.4 is 10.6 Å². The fourth-order valence-corrected chi connectivity index (χ4v) is 1.00. The summed E-state index contributed by atoms with van der Waals surface area (Å²) in [6.45, 7) is 3.59. The van der Waals surface area contributed by atoms with Crippen molar-refractivity contribution in [2.45, 2.75) is 19.4 Å². The van der Waals surface area contributed by atoms with E-state index in [9.17, 15) is 14.7 Å². The normalized spacial score (nSPS) is 15.8. The van der Waals surface area contributed by atoms with E-state index in [1.54, 1.807) is 7.11 Å². The summed E-state index contributed by atoms with van der Waals surface area (Å²) < 4.78 is 4.89. The van der Waals surface area contributed by atoms with Gasteiger partial charge >= 0.3 is 12.0 Å². The van der Waals surface area contributed by atoms with Gasteiger partial charge in [-0.2, -0.15) is 0 Å². The van der Waals surface area contributed by atoms with Crippen molar-refractivity contribution >= 4 is 12.0 Å². The number of amides is 2. The Morgan fingerprint density at radius 1 is 1.41 bits per heavy atom. The van der Waals surface area contributed by atoms with Crippen LogP contribution in [0.4, 0.5) is 4.79 Å². The summed E-state index contributed by atoms with van der Waals surface area (Å²) in [6, 6.07) is -0.519. The number of carboxylic acids is 1. The number of carbonyl (C=O) groups is 2. The van der Waals surface area contributed by atoms with E-state index in [2.05, 4.69) is 10.6 Å². The van der Waals surface area contributed by atoms with Crippen LogP contribution in [0.3, 0.4) is 0 Å². The lowest BCUT2D eigenvalue weighted by atomic mass is 10.1. The molecule has 0 bridgehead atoms. The summed E-state index contributed by atoms with van der Waals surface area (Å²) in [4.78, 5) is 21.8. The summed E-state index contributed by atoms with van der Waals surface area (Å²) in [7, 11) is 1.57. The Labute approximate surface area is 100 Å². The summed E-state index contributed by atoms with van der Waals surface area (Å²) in [5, 5.41) is 22.8. The molecule has 0 saturated carbocycles. The van der Waals surface area contributed by atoms with Gasteiger partial charge in [0.2, 0.25) is 0 Å². The number of nitrogens with one attached hydrogen (secondary N) is 2. The van der Waals surface area contributed by atoms with Crippen molar-refractivity contribution in [1.29, 1.82) is 0 Å². The third-order valence-corrected chi connectivity index (χ3v) is 2.12. The molecular weight excluding hydrogens is 228 g/mol. The minimum atomic E-state index is -1.96.